The molecule has 1 aromatic heterocycles. The van der Waals surface area contributed by atoms with Gasteiger partial charge in [-0.15, -0.1) is 0 Å². The Hall–Kier alpha value is -1.63. The van der Waals surface area contributed by atoms with Gasteiger partial charge in [-0.25, -0.2) is 4.98 Å². The Morgan fingerprint density at radius 3 is 2.47 bits per heavy atom. The van der Waals surface area contributed by atoms with Gasteiger partial charge in [0.15, 0.2) is 0 Å². The topological polar surface area (TPSA) is 105 Å². The van der Waals surface area contributed by atoms with Crippen LogP contribution in [0.15, 0.2) is 18.2 Å². The number of fused-ring (bicyclic) bond motifs is 1. The summed E-state index contributed by atoms with van der Waals surface area (Å²) in [5.74, 6) is 0.408. The van der Waals surface area contributed by atoms with Crippen molar-refractivity contribution in [3.05, 3.63) is 24.0 Å². The lowest BCUT2D eigenvalue weighted by atomic mass is 9.97. The van der Waals surface area contributed by atoms with E-state index in [9.17, 15) is 15.3 Å². The van der Waals surface area contributed by atoms with Crippen LogP contribution in [0.4, 0.5) is 5.69 Å². The number of anilines is 1. The van der Waals surface area contributed by atoms with E-state index < -0.39 is 5.54 Å². The quantitative estimate of drug-likeness (QED) is 0.578. The van der Waals surface area contributed by atoms with E-state index >= 15 is 0 Å². The van der Waals surface area contributed by atoms with Crippen molar-refractivity contribution in [2.45, 2.75) is 25.5 Å². The molecule has 0 aliphatic heterocycles. The summed E-state index contributed by atoms with van der Waals surface area (Å²) in [5.41, 5.74) is 6.81. The van der Waals surface area contributed by atoms with Crippen molar-refractivity contribution >= 4 is 16.7 Å². The fourth-order valence-corrected chi connectivity index (χ4v) is 2.36. The van der Waals surface area contributed by atoms with E-state index in [0.29, 0.717) is 23.4 Å². The average molecular weight is 265 g/mol. The molecule has 0 fully saturated rings. The number of aliphatic hydroxyl groups is 3. The molecule has 0 unspecified atom stereocenters. The van der Waals surface area contributed by atoms with Crippen molar-refractivity contribution in [2.75, 3.05) is 18.9 Å². The Bertz CT molecular complexity index is 567. The zero-order chi connectivity index (χ0) is 14.0. The van der Waals surface area contributed by atoms with Crippen molar-refractivity contribution < 1.29 is 15.3 Å². The Morgan fingerprint density at radius 2 is 1.95 bits per heavy atom. The monoisotopic (exact) mass is 265 g/mol. The minimum Gasteiger partial charge on any atom is -0.399 e. The van der Waals surface area contributed by atoms with Gasteiger partial charge >= 0.3 is 0 Å². The van der Waals surface area contributed by atoms with Crippen LogP contribution in [0.1, 0.15) is 19.2 Å². The minimum absolute atomic E-state index is 0.233. The summed E-state index contributed by atoms with van der Waals surface area (Å²) in [7, 11) is 0. The van der Waals surface area contributed by atoms with Gasteiger partial charge in [0.05, 0.1) is 29.8 Å². The molecular weight excluding hydrogens is 246 g/mol. The van der Waals surface area contributed by atoms with Gasteiger partial charge in [0, 0.05) is 5.69 Å². The van der Waals surface area contributed by atoms with E-state index in [1.807, 2.05) is 6.92 Å². The molecule has 0 radical (unpaired) electrons. The number of nitrogen functional groups attached to an aromatic ring is 1. The predicted octanol–water partition coefficient (Wildman–Crippen LogP) is 0.201. The molecule has 0 spiro atoms. The third-order valence-corrected chi connectivity index (χ3v) is 3.61. The number of hydrogen-bond donors (Lipinski definition) is 4. The Labute approximate surface area is 111 Å². The molecule has 6 heteroatoms. The third kappa shape index (κ3) is 2.07. The Kier molecular flexibility index (Phi) is 3.75. The molecule has 1 heterocycles. The highest BCUT2D eigenvalue weighted by molar-refractivity contribution is 5.80. The highest BCUT2D eigenvalue weighted by Crippen LogP contribution is 2.29. The highest BCUT2D eigenvalue weighted by atomic mass is 16.3. The van der Waals surface area contributed by atoms with Crippen LogP contribution in [-0.2, 0) is 12.1 Å². The fourth-order valence-electron chi connectivity index (χ4n) is 2.36. The van der Waals surface area contributed by atoms with Crippen LogP contribution in [0.2, 0.25) is 0 Å². The molecule has 0 saturated heterocycles. The summed E-state index contributed by atoms with van der Waals surface area (Å²) in [5, 5.41) is 28.8. The predicted molar refractivity (Wildman–Crippen MR) is 72.5 cm³/mol. The normalized spacial score (nSPS) is 12.2. The third-order valence-electron chi connectivity index (χ3n) is 3.61. The molecule has 1 aromatic carbocycles. The number of nitrogens with two attached hydrogens (primary N) is 1. The first-order chi connectivity index (χ1) is 9.11. The first kappa shape index (κ1) is 13.8. The molecular formula is C13H19N3O3. The molecule has 0 atom stereocenters. The van der Waals surface area contributed by atoms with Gasteiger partial charge in [-0.2, -0.15) is 0 Å². The molecule has 104 valence electrons. The first-order valence-corrected chi connectivity index (χ1v) is 6.21. The number of aliphatic hydroxyl groups excluding tert-OH is 3. The molecule has 0 amide bonds. The standard InChI is InChI=1S/C13H19N3O3/c1-2-13(7-18,8-19)16-11-4-3-9(14)5-10(11)15-12(16)6-17/h3-5,17-19H,2,6-8,14H2,1H3. The van der Waals surface area contributed by atoms with Crippen molar-refractivity contribution in [1.29, 1.82) is 0 Å². The number of benzene rings is 1. The minimum atomic E-state index is -0.872. The summed E-state index contributed by atoms with van der Waals surface area (Å²) < 4.78 is 1.71. The van der Waals surface area contributed by atoms with Gasteiger partial charge in [-0.3, -0.25) is 0 Å². The van der Waals surface area contributed by atoms with E-state index in [1.54, 1.807) is 22.8 Å². The van der Waals surface area contributed by atoms with Crippen LogP contribution in [-0.4, -0.2) is 38.1 Å². The lowest BCUT2D eigenvalue weighted by Crippen LogP contribution is -2.41. The van der Waals surface area contributed by atoms with Crippen molar-refractivity contribution in [3.63, 3.8) is 0 Å². The molecule has 2 aromatic rings. The number of rotatable bonds is 5. The smallest absolute Gasteiger partial charge is 0.136 e. The van der Waals surface area contributed by atoms with E-state index in [-0.39, 0.29) is 19.8 Å². The number of hydrogen-bond acceptors (Lipinski definition) is 5. The van der Waals surface area contributed by atoms with Crippen molar-refractivity contribution in [3.8, 4) is 0 Å². The van der Waals surface area contributed by atoms with Gasteiger partial charge in [0.2, 0.25) is 0 Å². The van der Waals surface area contributed by atoms with Gasteiger partial charge < -0.3 is 25.6 Å². The SMILES string of the molecule is CCC(CO)(CO)n1c(CO)nc2cc(N)ccc21. The van der Waals surface area contributed by atoms with E-state index in [0.717, 1.165) is 5.52 Å². The molecule has 19 heavy (non-hydrogen) atoms. The maximum absolute atomic E-state index is 9.67. The summed E-state index contributed by atoms with van der Waals surface area (Å²) >= 11 is 0. The van der Waals surface area contributed by atoms with E-state index in [1.165, 1.54) is 0 Å². The zero-order valence-electron chi connectivity index (χ0n) is 10.9. The molecule has 0 bridgehead atoms. The van der Waals surface area contributed by atoms with E-state index in [4.69, 9.17) is 5.73 Å². The second kappa shape index (κ2) is 5.16. The lowest BCUT2D eigenvalue weighted by Gasteiger charge is -2.32. The van der Waals surface area contributed by atoms with Crippen LogP contribution in [0.5, 0.6) is 0 Å². The number of imidazole rings is 1. The maximum Gasteiger partial charge on any atom is 0.136 e. The maximum atomic E-state index is 9.67. The molecule has 6 nitrogen and oxygen atoms in total. The zero-order valence-corrected chi connectivity index (χ0v) is 10.9. The van der Waals surface area contributed by atoms with E-state index in [2.05, 4.69) is 4.98 Å². The first-order valence-electron chi connectivity index (χ1n) is 6.21. The summed E-state index contributed by atoms with van der Waals surface area (Å²) in [6.07, 6.45) is 0.517. The Morgan fingerprint density at radius 1 is 1.26 bits per heavy atom. The average Bonchev–Trinajstić information content (AvgIpc) is 2.80. The van der Waals surface area contributed by atoms with Crippen LogP contribution < -0.4 is 5.73 Å². The van der Waals surface area contributed by atoms with Crippen LogP contribution in [0, 0.1) is 0 Å². The lowest BCUT2D eigenvalue weighted by molar-refractivity contribution is 0.0575. The second-order valence-electron chi connectivity index (χ2n) is 4.66. The molecule has 5 N–H and O–H groups in total. The largest absolute Gasteiger partial charge is 0.399 e. The number of nitrogens with zero attached hydrogens (tertiary/aromatic N) is 2. The highest BCUT2D eigenvalue weighted by Gasteiger charge is 2.32. The number of aromatic nitrogens is 2. The second-order valence-corrected chi connectivity index (χ2v) is 4.66. The summed E-state index contributed by atoms with van der Waals surface area (Å²) in [4.78, 5) is 4.31. The molecule has 0 aliphatic carbocycles. The molecule has 2 rings (SSSR count). The van der Waals surface area contributed by atoms with Gasteiger partial charge in [0.1, 0.15) is 12.4 Å². The van der Waals surface area contributed by atoms with Crippen LogP contribution >= 0.6 is 0 Å². The summed E-state index contributed by atoms with van der Waals surface area (Å²) in [6.45, 7) is 1.14. The Balaban J connectivity index is 2.76. The van der Waals surface area contributed by atoms with Crippen LogP contribution in [0.3, 0.4) is 0 Å². The van der Waals surface area contributed by atoms with Crippen molar-refractivity contribution in [1.82, 2.24) is 9.55 Å². The molecule has 0 saturated carbocycles. The molecule has 0 aliphatic rings. The van der Waals surface area contributed by atoms with Gasteiger partial charge in [-0.05, 0) is 24.6 Å². The van der Waals surface area contributed by atoms with Crippen molar-refractivity contribution in [2.24, 2.45) is 0 Å². The van der Waals surface area contributed by atoms with Gasteiger partial charge in [-0.1, -0.05) is 6.92 Å². The fraction of sp³-hybridized carbons (Fsp3) is 0.462. The van der Waals surface area contributed by atoms with Crippen LogP contribution in [0.25, 0.3) is 11.0 Å². The van der Waals surface area contributed by atoms with Gasteiger partial charge in [0.25, 0.3) is 0 Å². The summed E-state index contributed by atoms with van der Waals surface area (Å²) in [6, 6.07) is 5.23.